The highest BCUT2D eigenvalue weighted by Gasteiger charge is 2.25. The molecule has 7 nitrogen and oxygen atoms in total. The van der Waals surface area contributed by atoms with E-state index in [1.54, 1.807) is 37.6 Å². The van der Waals surface area contributed by atoms with Crippen molar-refractivity contribution in [2.75, 3.05) is 18.7 Å². The fourth-order valence-corrected chi connectivity index (χ4v) is 3.99. The van der Waals surface area contributed by atoms with Crippen LogP contribution in [0.4, 0.5) is 11.5 Å². The minimum atomic E-state index is -0.0449. The van der Waals surface area contributed by atoms with Gasteiger partial charge in [-0.25, -0.2) is 15.0 Å². The van der Waals surface area contributed by atoms with Crippen molar-refractivity contribution in [3.63, 3.8) is 0 Å². The number of anilines is 2. The number of imidazole rings is 1. The summed E-state index contributed by atoms with van der Waals surface area (Å²) >= 11 is 1.61. The third-order valence-electron chi connectivity index (χ3n) is 4.39. The highest BCUT2D eigenvalue weighted by atomic mass is 32.2. The van der Waals surface area contributed by atoms with Crippen LogP contribution in [0.1, 0.15) is 17.0 Å². The molecule has 0 unspecified atom stereocenters. The van der Waals surface area contributed by atoms with Crippen molar-refractivity contribution in [2.24, 2.45) is 0 Å². The molecule has 134 valence electrons. The number of hydrogen-bond donors (Lipinski definition) is 1. The number of ether oxygens (including phenoxy) is 1. The van der Waals surface area contributed by atoms with Crippen molar-refractivity contribution in [1.29, 1.82) is 0 Å². The maximum Gasteiger partial charge on any atom is 0.168 e. The van der Waals surface area contributed by atoms with Gasteiger partial charge in [-0.05, 0) is 24.6 Å². The summed E-state index contributed by atoms with van der Waals surface area (Å²) in [6.07, 6.45) is 5.17. The van der Waals surface area contributed by atoms with Gasteiger partial charge in [-0.15, -0.1) is 0 Å². The molecule has 1 N–H and O–H groups in total. The first-order valence-electron chi connectivity index (χ1n) is 8.21. The molecular weight excluding hydrogens is 350 g/mol. The molecule has 0 amide bonds. The molecule has 1 aliphatic rings. The average Bonchev–Trinajstić information content (AvgIpc) is 3.01. The lowest BCUT2D eigenvalue weighted by molar-refractivity contribution is 0.204. The molecule has 2 aromatic heterocycles. The fraction of sp³-hybridized carbons (Fsp3) is 0.278. The van der Waals surface area contributed by atoms with E-state index >= 15 is 0 Å². The summed E-state index contributed by atoms with van der Waals surface area (Å²) in [5.74, 6) is 0.811. The van der Waals surface area contributed by atoms with Crippen LogP contribution in [-0.2, 0) is 17.9 Å². The molecule has 0 bridgehead atoms. The first-order chi connectivity index (χ1) is 12.7. The standard InChI is InChI=1S/C18H19N5O2S/c1-12-14(9-24)21-10-22(12)8-13-3-4-16-15(7-13)23(11-25-2)17-18(26-16)20-6-5-19-17/h3-7,10,24H,8-9,11H2,1-2H3. The number of benzene rings is 1. The van der Waals surface area contributed by atoms with Gasteiger partial charge in [-0.3, -0.25) is 4.90 Å². The lowest BCUT2D eigenvalue weighted by Gasteiger charge is -2.30. The molecule has 0 aliphatic carbocycles. The number of methoxy groups -OCH3 is 1. The van der Waals surface area contributed by atoms with E-state index in [1.807, 2.05) is 16.4 Å². The van der Waals surface area contributed by atoms with Crippen molar-refractivity contribution in [3.05, 3.63) is 53.9 Å². The van der Waals surface area contributed by atoms with E-state index in [0.717, 1.165) is 32.7 Å². The average molecular weight is 369 g/mol. The highest BCUT2D eigenvalue weighted by molar-refractivity contribution is 7.99. The molecule has 0 saturated carbocycles. The van der Waals surface area contributed by atoms with Crippen molar-refractivity contribution in [2.45, 2.75) is 30.0 Å². The lowest BCUT2D eigenvalue weighted by atomic mass is 10.1. The van der Waals surface area contributed by atoms with Crippen LogP contribution < -0.4 is 4.90 Å². The molecule has 0 radical (unpaired) electrons. The van der Waals surface area contributed by atoms with Crippen molar-refractivity contribution in [3.8, 4) is 0 Å². The Morgan fingerprint density at radius 1 is 1.19 bits per heavy atom. The van der Waals surface area contributed by atoms with E-state index in [1.165, 1.54) is 0 Å². The third-order valence-corrected chi connectivity index (χ3v) is 5.43. The van der Waals surface area contributed by atoms with E-state index in [9.17, 15) is 5.11 Å². The Bertz CT molecular complexity index is 943. The second-order valence-corrected chi connectivity index (χ2v) is 7.03. The smallest absolute Gasteiger partial charge is 0.168 e. The van der Waals surface area contributed by atoms with Gasteiger partial charge in [0.25, 0.3) is 0 Å². The highest BCUT2D eigenvalue weighted by Crippen LogP contribution is 2.46. The number of nitrogens with zero attached hydrogens (tertiary/aromatic N) is 5. The summed E-state index contributed by atoms with van der Waals surface area (Å²) in [6, 6.07) is 6.36. The molecule has 4 rings (SSSR count). The molecule has 1 aromatic carbocycles. The Labute approximate surface area is 155 Å². The topological polar surface area (TPSA) is 76.3 Å². The number of aromatic nitrogens is 4. The maximum atomic E-state index is 9.33. The Morgan fingerprint density at radius 2 is 2.04 bits per heavy atom. The second-order valence-electron chi connectivity index (χ2n) is 6.00. The minimum Gasteiger partial charge on any atom is -0.390 e. The zero-order valence-corrected chi connectivity index (χ0v) is 15.4. The van der Waals surface area contributed by atoms with Gasteiger partial charge in [0.1, 0.15) is 11.8 Å². The fourth-order valence-electron chi connectivity index (χ4n) is 3.01. The molecule has 3 aromatic rings. The molecule has 3 heterocycles. The summed E-state index contributed by atoms with van der Waals surface area (Å²) in [6.45, 7) is 3.01. The van der Waals surface area contributed by atoms with Gasteiger partial charge in [0.05, 0.1) is 24.3 Å². The first-order valence-corrected chi connectivity index (χ1v) is 9.02. The van der Waals surface area contributed by atoms with Gasteiger partial charge >= 0.3 is 0 Å². The Hall–Kier alpha value is -2.42. The van der Waals surface area contributed by atoms with Crippen LogP contribution in [0.15, 0.2) is 46.8 Å². The minimum absolute atomic E-state index is 0.0449. The van der Waals surface area contributed by atoms with Gasteiger partial charge in [0.15, 0.2) is 5.82 Å². The Kier molecular flexibility index (Phi) is 4.62. The van der Waals surface area contributed by atoms with E-state index < -0.39 is 0 Å². The number of aliphatic hydroxyl groups is 1. The van der Waals surface area contributed by atoms with Crippen LogP contribution in [0.5, 0.6) is 0 Å². The SMILES string of the molecule is COCN1c2cc(Cn3cnc(CO)c3C)ccc2Sc2nccnc21. The summed E-state index contributed by atoms with van der Waals surface area (Å²) in [4.78, 5) is 16.3. The number of fused-ring (bicyclic) bond motifs is 2. The van der Waals surface area contributed by atoms with Crippen molar-refractivity contribution < 1.29 is 9.84 Å². The molecular formula is C18H19N5O2S. The zero-order chi connectivity index (χ0) is 18.1. The summed E-state index contributed by atoms with van der Waals surface area (Å²) in [5.41, 5.74) is 3.89. The number of rotatable bonds is 5. The van der Waals surface area contributed by atoms with Crippen molar-refractivity contribution >= 4 is 23.3 Å². The van der Waals surface area contributed by atoms with Gasteiger partial charge in [0.2, 0.25) is 0 Å². The van der Waals surface area contributed by atoms with Crippen molar-refractivity contribution in [1.82, 2.24) is 19.5 Å². The van der Waals surface area contributed by atoms with Crippen LogP contribution in [0.2, 0.25) is 0 Å². The number of aliphatic hydroxyl groups excluding tert-OH is 1. The van der Waals surface area contributed by atoms with E-state index in [2.05, 4.69) is 33.2 Å². The summed E-state index contributed by atoms with van der Waals surface area (Å²) in [5, 5.41) is 10.2. The van der Waals surface area contributed by atoms with E-state index in [0.29, 0.717) is 19.0 Å². The third kappa shape index (κ3) is 2.96. The maximum absolute atomic E-state index is 9.33. The van der Waals surface area contributed by atoms with E-state index in [-0.39, 0.29) is 6.61 Å². The first kappa shape index (κ1) is 17.0. The lowest BCUT2D eigenvalue weighted by Crippen LogP contribution is -2.24. The quantitative estimate of drug-likeness (QED) is 0.741. The predicted molar refractivity (Wildman–Crippen MR) is 98.6 cm³/mol. The van der Waals surface area contributed by atoms with Crippen LogP contribution in [0.3, 0.4) is 0 Å². The van der Waals surface area contributed by atoms with Crippen LogP contribution in [-0.4, -0.2) is 38.5 Å². The summed E-state index contributed by atoms with van der Waals surface area (Å²) < 4.78 is 7.44. The van der Waals surface area contributed by atoms with Gasteiger partial charge < -0.3 is 14.4 Å². The number of hydrogen-bond acceptors (Lipinski definition) is 7. The molecule has 26 heavy (non-hydrogen) atoms. The normalized spacial score (nSPS) is 12.8. The second kappa shape index (κ2) is 7.06. The molecule has 1 aliphatic heterocycles. The van der Waals surface area contributed by atoms with E-state index in [4.69, 9.17) is 4.74 Å². The predicted octanol–water partition coefficient (Wildman–Crippen LogP) is 2.73. The molecule has 8 heteroatoms. The van der Waals surface area contributed by atoms with Gasteiger partial charge in [-0.2, -0.15) is 0 Å². The molecule has 0 atom stereocenters. The van der Waals surface area contributed by atoms with Crippen LogP contribution in [0.25, 0.3) is 0 Å². The van der Waals surface area contributed by atoms with Gasteiger partial charge in [0, 0.05) is 36.6 Å². The van der Waals surface area contributed by atoms with Crippen LogP contribution >= 0.6 is 11.8 Å². The molecule has 0 spiro atoms. The largest absolute Gasteiger partial charge is 0.390 e. The van der Waals surface area contributed by atoms with Crippen LogP contribution in [0, 0.1) is 6.92 Å². The molecule has 0 saturated heterocycles. The Morgan fingerprint density at radius 3 is 2.81 bits per heavy atom. The monoisotopic (exact) mass is 369 g/mol. The van der Waals surface area contributed by atoms with Gasteiger partial charge in [-0.1, -0.05) is 17.8 Å². The zero-order valence-electron chi connectivity index (χ0n) is 14.6. The summed E-state index contributed by atoms with van der Waals surface area (Å²) in [7, 11) is 1.67. The Balaban J connectivity index is 1.70. The molecule has 0 fully saturated rings.